The Morgan fingerprint density at radius 1 is 1.25 bits per heavy atom. The minimum Gasteiger partial charge on any atom is -0.497 e. The number of carbonyl (C=O) groups excluding carboxylic acids is 1. The summed E-state index contributed by atoms with van der Waals surface area (Å²) in [6.07, 6.45) is 3.23. The van der Waals surface area contributed by atoms with Gasteiger partial charge in [-0.25, -0.2) is 0 Å². The van der Waals surface area contributed by atoms with Crippen LogP contribution in [0.25, 0.3) is 0 Å². The van der Waals surface area contributed by atoms with Gasteiger partial charge in [-0.05, 0) is 49.9 Å². The van der Waals surface area contributed by atoms with Crippen molar-refractivity contribution in [3.63, 3.8) is 0 Å². The molecule has 20 heavy (non-hydrogen) atoms. The van der Waals surface area contributed by atoms with Crippen LogP contribution in [0.5, 0.6) is 5.75 Å². The number of ether oxygens (including phenoxy) is 2. The Morgan fingerprint density at radius 3 is 2.70 bits per heavy atom. The van der Waals surface area contributed by atoms with E-state index in [1.807, 2.05) is 30.0 Å². The van der Waals surface area contributed by atoms with Gasteiger partial charge in [-0.3, -0.25) is 4.79 Å². The monoisotopic (exact) mass is 277 g/mol. The van der Waals surface area contributed by atoms with Gasteiger partial charge >= 0.3 is 0 Å². The van der Waals surface area contributed by atoms with Crippen LogP contribution in [0.15, 0.2) is 18.2 Å². The van der Waals surface area contributed by atoms with Crippen LogP contribution in [0.1, 0.15) is 35.2 Å². The number of nitrogens with zero attached hydrogens (tertiary/aromatic N) is 1. The van der Waals surface area contributed by atoms with Crippen molar-refractivity contribution >= 4 is 5.91 Å². The standard InChI is InChI=1S/C16H23NO3/c1-12-11-14(20-3)6-7-15(12)16(18)17-9-4-5-13(19-2)8-10-17/h6-7,11,13H,4-5,8-10H2,1-3H3. The second-order valence-corrected chi connectivity index (χ2v) is 5.26. The highest BCUT2D eigenvalue weighted by atomic mass is 16.5. The minimum atomic E-state index is 0.113. The first-order valence-corrected chi connectivity index (χ1v) is 7.12. The van der Waals surface area contributed by atoms with Crippen molar-refractivity contribution in [2.75, 3.05) is 27.3 Å². The second kappa shape index (κ2) is 6.75. The summed E-state index contributed by atoms with van der Waals surface area (Å²) in [6, 6.07) is 5.61. The summed E-state index contributed by atoms with van der Waals surface area (Å²) < 4.78 is 10.6. The van der Waals surface area contributed by atoms with Crippen molar-refractivity contribution in [1.29, 1.82) is 0 Å². The summed E-state index contributed by atoms with van der Waals surface area (Å²) in [5.41, 5.74) is 1.73. The Balaban J connectivity index is 2.10. The molecule has 1 unspecified atom stereocenters. The summed E-state index contributed by atoms with van der Waals surface area (Å²) in [4.78, 5) is 14.6. The normalized spacial score (nSPS) is 19.6. The SMILES string of the molecule is COc1ccc(C(=O)N2CCCC(OC)CC2)c(C)c1. The van der Waals surface area contributed by atoms with Gasteiger partial charge in [0.05, 0.1) is 13.2 Å². The average Bonchev–Trinajstić information content (AvgIpc) is 2.71. The number of hydrogen-bond acceptors (Lipinski definition) is 3. The number of likely N-dealkylation sites (tertiary alicyclic amines) is 1. The number of hydrogen-bond donors (Lipinski definition) is 0. The second-order valence-electron chi connectivity index (χ2n) is 5.26. The van der Waals surface area contributed by atoms with Gasteiger partial charge in [-0.15, -0.1) is 0 Å². The number of methoxy groups -OCH3 is 2. The van der Waals surface area contributed by atoms with Crippen LogP contribution < -0.4 is 4.74 Å². The number of rotatable bonds is 3. The Kier molecular flexibility index (Phi) is 5.01. The predicted octanol–water partition coefficient (Wildman–Crippen LogP) is 2.64. The first-order chi connectivity index (χ1) is 9.65. The van der Waals surface area contributed by atoms with Crippen LogP contribution in [-0.2, 0) is 4.74 Å². The minimum absolute atomic E-state index is 0.113. The van der Waals surface area contributed by atoms with E-state index >= 15 is 0 Å². The van der Waals surface area contributed by atoms with E-state index in [1.54, 1.807) is 14.2 Å². The molecule has 1 aromatic rings. The first-order valence-electron chi connectivity index (χ1n) is 7.12. The summed E-state index contributed by atoms with van der Waals surface area (Å²) in [5.74, 6) is 0.899. The molecule has 4 nitrogen and oxygen atoms in total. The molecule has 0 aromatic heterocycles. The Labute approximate surface area is 120 Å². The number of aryl methyl sites for hydroxylation is 1. The summed E-state index contributed by atoms with van der Waals surface area (Å²) in [5, 5.41) is 0. The third-order valence-electron chi connectivity index (χ3n) is 3.96. The van der Waals surface area contributed by atoms with Crippen molar-refractivity contribution in [1.82, 2.24) is 4.90 Å². The van der Waals surface area contributed by atoms with E-state index in [9.17, 15) is 4.79 Å². The molecular formula is C16H23NO3. The maximum atomic E-state index is 12.6. The van der Waals surface area contributed by atoms with Gasteiger partial charge in [0.15, 0.2) is 0 Å². The number of carbonyl (C=O) groups is 1. The van der Waals surface area contributed by atoms with Crippen LogP contribution in [0, 0.1) is 6.92 Å². The summed E-state index contributed by atoms with van der Waals surface area (Å²) in [7, 11) is 3.38. The van der Waals surface area contributed by atoms with E-state index in [2.05, 4.69) is 0 Å². The molecule has 4 heteroatoms. The van der Waals surface area contributed by atoms with Gasteiger partial charge in [0.1, 0.15) is 5.75 Å². The molecule has 0 aliphatic carbocycles. The molecule has 1 aliphatic rings. The molecule has 1 fully saturated rings. The zero-order valence-electron chi connectivity index (χ0n) is 12.5. The quantitative estimate of drug-likeness (QED) is 0.852. The molecule has 1 heterocycles. The molecule has 1 atom stereocenters. The van der Waals surface area contributed by atoms with E-state index < -0.39 is 0 Å². The Hall–Kier alpha value is -1.55. The molecule has 0 N–H and O–H groups in total. The van der Waals surface area contributed by atoms with Gasteiger partial charge < -0.3 is 14.4 Å². The molecule has 0 radical (unpaired) electrons. The fraction of sp³-hybridized carbons (Fsp3) is 0.562. The van der Waals surface area contributed by atoms with E-state index in [-0.39, 0.29) is 12.0 Å². The number of benzene rings is 1. The smallest absolute Gasteiger partial charge is 0.254 e. The van der Waals surface area contributed by atoms with E-state index in [0.717, 1.165) is 49.2 Å². The molecule has 1 aliphatic heterocycles. The van der Waals surface area contributed by atoms with Gasteiger partial charge in [-0.2, -0.15) is 0 Å². The van der Waals surface area contributed by atoms with Crippen molar-refractivity contribution in [2.45, 2.75) is 32.3 Å². The van der Waals surface area contributed by atoms with Crippen molar-refractivity contribution < 1.29 is 14.3 Å². The molecule has 0 saturated carbocycles. The van der Waals surface area contributed by atoms with Gasteiger partial charge in [0.2, 0.25) is 0 Å². The van der Waals surface area contributed by atoms with Crippen molar-refractivity contribution in [2.24, 2.45) is 0 Å². The molecule has 0 bridgehead atoms. The lowest BCUT2D eigenvalue weighted by atomic mass is 10.1. The van der Waals surface area contributed by atoms with Crippen molar-refractivity contribution in [3.05, 3.63) is 29.3 Å². The fourth-order valence-corrected chi connectivity index (χ4v) is 2.68. The molecule has 1 saturated heterocycles. The van der Waals surface area contributed by atoms with Crippen molar-refractivity contribution in [3.8, 4) is 5.75 Å². The van der Waals surface area contributed by atoms with Gasteiger partial charge in [-0.1, -0.05) is 0 Å². The van der Waals surface area contributed by atoms with Crippen LogP contribution in [0.4, 0.5) is 0 Å². The number of amides is 1. The fourth-order valence-electron chi connectivity index (χ4n) is 2.68. The molecule has 0 spiro atoms. The van der Waals surface area contributed by atoms with Gasteiger partial charge in [0, 0.05) is 25.8 Å². The first kappa shape index (κ1) is 14.9. The Bertz CT molecular complexity index is 473. The van der Waals surface area contributed by atoms with E-state index in [1.165, 1.54) is 0 Å². The van der Waals surface area contributed by atoms with Crippen LogP contribution in [0.2, 0.25) is 0 Å². The highest BCUT2D eigenvalue weighted by Gasteiger charge is 2.22. The molecule has 2 rings (SSSR count). The van der Waals surface area contributed by atoms with Crippen LogP contribution >= 0.6 is 0 Å². The molecule has 1 aromatic carbocycles. The third-order valence-corrected chi connectivity index (χ3v) is 3.96. The lowest BCUT2D eigenvalue weighted by molar-refractivity contribution is 0.0723. The highest BCUT2D eigenvalue weighted by molar-refractivity contribution is 5.95. The van der Waals surface area contributed by atoms with Gasteiger partial charge in [0.25, 0.3) is 5.91 Å². The lowest BCUT2D eigenvalue weighted by Gasteiger charge is -2.21. The lowest BCUT2D eigenvalue weighted by Crippen LogP contribution is -2.32. The van der Waals surface area contributed by atoms with E-state index in [4.69, 9.17) is 9.47 Å². The van der Waals surface area contributed by atoms with Crippen LogP contribution in [-0.4, -0.2) is 44.2 Å². The summed E-state index contributed by atoms with van der Waals surface area (Å²) >= 11 is 0. The molecule has 110 valence electrons. The average molecular weight is 277 g/mol. The molecule has 1 amide bonds. The maximum Gasteiger partial charge on any atom is 0.254 e. The Morgan fingerprint density at radius 2 is 2.05 bits per heavy atom. The largest absolute Gasteiger partial charge is 0.497 e. The predicted molar refractivity (Wildman–Crippen MR) is 78.3 cm³/mol. The maximum absolute atomic E-state index is 12.6. The van der Waals surface area contributed by atoms with Crippen LogP contribution in [0.3, 0.4) is 0 Å². The van der Waals surface area contributed by atoms with E-state index in [0.29, 0.717) is 0 Å². The highest BCUT2D eigenvalue weighted by Crippen LogP contribution is 2.20. The summed E-state index contributed by atoms with van der Waals surface area (Å²) in [6.45, 7) is 3.53. The topological polar surface area (TPSA) is 38.8 Å². The zero-order valence-corrected chi connectivity index (χ0v) is 12.5. The molecular weight excluding hydrogens is 254 g/mol. The zero-order chi connectivity index (χ0) is 14.5. The third kappa shape index (κ3) is 3.31.